The molecule has 0 aromatic heterocycles. The van der Waals surface area contributed by atoms with Crippen LogP contribution in [0.4, 0.5) is 0 Å². The van der Waals surface area contributed by atoms with E-state index < -0.39 is 9.93 Å². The van der Waals surface area contributed by atoms with E-state index in [1.165, 1.54) is 0 Å². The minimum absolute atomic E-state index is 0.920. The summed E-state index contributed by atoms with van der Waals surface area (Å²) in [7, 11) is -2.10. The molecule has 0 unspecified atom stereocenters. The molecule has 0 aromatic rings. The van der Waals surface area contributed by atoms with Crippen LogP contribution in [0.1, 0.15) is 13.8 Å². The molecule has 70 valence electrons. The van der Waals surface area contributed by atoms with Crippen molar-refractivity contribution in [3.05, 3.63) is 35.3 Å². The largest absolute Gasteiger partial charge is 0.281 e. The molecule has 0 radical (unpaired) electrons. The molecule has 12 heavy (non-hydrogen) atoms. The summed E-state index contributed by atoms with van der Waals surface area (Å²) < 4.78 is 11.7. The van der Waals surface area contributed by atoms with Gasteiger partial charge in [-0.05, 0) is 32.4 Å². The van der Waals surface area contributed by atoms with Gasteiger partial charge in [0.25, 0.3) is 0 Å². The van der Waals surface area contributed by atoms with Gasteiger partial charge in [-0.25, -0.2) is 0 Å². The van der Waals surface area contributed by atoms with Crippen LogP contribution < -0.4 is 0 Å². The fourth-order valence-electron chi connectivity index (χ4n) is 0.780. The first kappa shape index (κ1) is 11.4. The van der Waals surface area contributed by atoms with E-state index in [9.17, 15) is 4.21 Å². The first-order valence-electron chi connectivity index (χ1n) is 4.03. The van der Waals surface area contributed by atoms with Gasteiger partial charge in [-0.1, -0.05) is 34.2 Å². The van der Waals surface area contributed by atoms with Crippen molar-refractivity contribution in [2.24, 2.45) is 0 Å². The highest BCUT2D eigenvalue weighted by Crippen LogP contribution is 2.12. The number of allylic oxidation sites excluding steroid dienone is 5. The molecule has 0 fully saturated rings. The molecule has 1 nitrogen and oxygen atoms in total. The summed E-state index contributed by atoms with van der Waals surface area (Å²) in [4.78, 5) is 0.920. The number of hydrogen-bond donors (Lipinski definition) is 1. The number of hydrogen-bond acceptors (Lipinski definition) is 1. The fourth-order valence-corrected chi connectivity index (χ4v) is 1.73. The van der Waals surface area contributed by atoms with E-state index in [1.807, 2.05) is 44.2 Å². The van der Waals surface area contributed by atoms with Gasteiger partial charge in [0.05, 0.1) is 0 Å². The Bertz CT molecular complexity index is 253. The summed E-state index contributed by atoms with van der Waals surface area (Å²) in [6.45, 7) is 3.87. The van der Waals surface area contributed by atoms with Crippen LogP contribution in [-0.4, -0.2) is 16.7 Å². The Kier molecular flexibility index (Phi) is 4.83. The van der Waals surface area contributed by atoms with E-state index >= 15 is 0 Å². The molecule has 0 aliphatic rings. The molecule has 0 saturated heterocycles. The van der Waals surface area contributed by atoms with Crippen molar-refractivity contribution in [1.29, 1.82) is 0 Å². The van der Waals surface area contributed by atoms with Gasteiger partial charge in [-0.3, -0.25) is 4.21 Å². The Hall–Kier alpha value is -0.630. The highest BCUT2D eigenvalue weighted by Gasteiger charge is 2.03. The number of rotatable bonds is 3. The van der Waals surface area contributed by atoms with Gasteiger partial charge in [0.1, 0.15) is 0 Å². The SMILES string of the molecule is C\C=C/C=C(\C=C/C)[SH](C)(C)=O. The van der Waals surface area contributed by atoms with Crippen LogP contribution in [0.5, 0.6) is 0 Å². The Labute approximate surface area is 76.3 Å². The lowest BCUT2D eigenvalue weighted by Crippen LogP contribution is -2.07. The maximum Gasteiger partial charge on any atom is 0.0138 e. The lowest BCUT2D eigenvalue weighted by molar-refractivity contribution is 0.683. The summed E-state index contributed by atoms with van der Waals surface area (Å²) >= 11 is 0. The van der Waals surface area contributed by atoms with Gasteiger partial charge in [-0.15, -0.1) is 0 Å². The van der Waals surface area contributed by atoms with E-state index in [1.54, 1.807) is 12.5 Å². The molecule has 0 saturated carbocycles. The van der Waals surface area contributed by atoms with E-state index in [2.05, 4.69) is 0 Å². The van der Waals surface area contributed by atoms with Crippen molar-refractivity contribution in [1.82, 2.24) is 0 Å². The molecule has 0 aliphatic heterocycles. The molecular formula is C10H18OS. The van der Waals surface area contributed by atoms with Crippen molar-refractivity contribution in [2.75, 3.05) is 12.5 Å². The zero-order valence-corrected chi connectivity index (χ0v) is 9.14. The molecule has 2 heteroatoms. The lowest BCUT2D eigenvalue weighted by atomic mass is 10.4. The molecule has 0 atom stereocenters. The third-order valence-corrected chi connectivity index (χ3v) is 2.96. The molecule has 0 aromatic carbocycles. The first-order chi connectivity index (χ1) is 5.52. The van der Waals surface area contributed by atoms with Crippen molar-refractivity contribution in [2.45, 2.75) is 13.8 Å². The quantitative estimate of drug-likeness (QED) is 0.528. The second kappa shape index (κ2) is 5.09. The highest BCUT2D eigenvalue weighted by atomic mass is 32.2. The summed E-state index contributed by atoms with van der Waals surface area (Å²) in [5.41, 5.74) is 0. The average molecular weight is 186 g/mol. The monoisotopic (exact) mass is 186 g/mol. The summed E-state index contributed by atoms with van der Waals surface area (Å²) in [5.74, 6) is 0. The zero-order chi connectivity index (χ0) is 9.61. The van der Waals surface area contributed by atoms with E-state index in [-0.39, 0.29) is 0 Å². The predicted molar refractivity (Wildman–Crippen MR) is 59.1 cm³/mol. The van der Waals surface area contributed by atoms with Crippen molar-refractivity contribution >= 4 is 9.93 Å². The summed E-state index contributed by atoms with van der Waals surface area (Å²) in [6, 6.07) is 0. The third-order valence-electron chi connectivity index (χ3n) is 1.42. The van der Waals surface area contributed by atoms with Crippen molar-refractivity contribution < 1.29 is 4.21 Å². The Morgan fingerprint density at radius 2 is 1.75 bits per heavy atom. The second-order valence-corrected chi connectivity index (χ2v) is 6.19. The molecule has 0 aliphatic carbocycles. The molecule has 0 spiro atoms. The van der Waals surface area contributed by atoms with Crippen LogP contribution in [0.3, 0.4) is 0 Å². The van der Waals surface area contributed by atoms with Gasteiger partial charge in [0, 0.05) is 4.91 Å². The Balaban J connectivity index is 4.80. The van der Waals surface area contributed by atoms with Gasteiger partial charge >= 0.3 is 0 Å². The molecule has 0 heterocycles. The minimum Gasteiger partial charge on any atom is -0.281 e. The maximum atomic E-state index is 11.7. The van der Waals surface area contributed by atoms with E-state index in [4.69, 9.17) is 0 Å². The third kappa shape index (κ3) is 4.29. The zero-order valence-electron chi connectivity index (χ0n) is 8.24. The average Bonchev–Trinajstić information content (AvgIpc) is 1.95. The predicted octanol–water partition coefficient (Wildman–Crippen LogP) is 2.30. The fraction of sp³-hybridized carbons (Fsp3) is 0.400. The minimum atomic E-state index is -2.10. The first-order valence-corrected chi connectivity index (χ1v) is 6.63. The topological polar surface area (TPSA) is 17.1 Å². The van der Waals surface area contributed by atoms with Crippen molar-refractivity contribution in [3.63, 3.8) is 0 Å². The van der Waals surface area contributed by atoms with Gasteiger partial charge in [0.15, 0.2) is 0 Å². The maximum absolute atomic E-state index is 11.7. The smallest absolute Gasteiger partial charge is 0.0138 e. The normalized spacial score (nSPS) is 16.2. The summed E-state index contributed by atoms with van der Waals surface area (Å²) in [5, 5.41) is 0. The van der Waals surface area contributed by atoms with Crippen LogP contribution >= 0.6 is 0 Å². The van der Waals surface area contributed by atoms with E-state index in [0.29, 0.717) is 0 Å². The Morgan fingerprint density at radius 3 is 2.08 bits per heavy atom. The van der Waals surface area contributed by atoms with Gasteiger partial charge in [0.2, 0.25) is 0 Å². The summed E-state index contributed by atoms with van der Waals surface area (Å²) in [6.07, 6.45) is 13.1. The molecule has 0 amide bonds. The van der Waals surface area contributed by atoms with Crippen LogP contribution in [-0.2, 0) is 9.93 Å². The van der Waals surface area contributed by atoms with Crippen molar-refractivity contribution in [3.8, 4) is 0 Å². The van der Waals surface area contributed by atoms with Crippen LogP contribution in [0, 0.1) is 0 Å². The standard InChI is InChI=1S/C10H18OS/c1-5-7-9-10(8-6-2)12(3,4)11/h5-9,12H,1-4H3/b7-5-,8-6-,10-9+. The van der Waals surface area contributed by atoms with Gasteiger partial charge in [-0.2, -0.15) is 0 Å². The molecular weight excluding hydrogens is 168 g/mol. The Morgan fingerprint density at radius 1 is 1.17 bits per heavy atom. The van der Waals surface area contributed by atoms with E-state index in [0.717, 1.165) is 4.91 Å². The van der Waals surface area contributed by atoms with Gasteiger partial charge < -0.3 is 0 Å². The van der Waals surface area contributed by atoms with Crippen LogP contribution in [0.15, 0.2) is 35.3 Å². The molecule has 0 N–H and O–H groups in total. The highest BCUT2D eigenvalue weighted by molar-refractivity contribution is 8.05. The molecule has 0 bridgehead atoms. The second-order valence-electron chi connectivity index (χ2n) is 2.97. The lowest BCUT2D eigenvalue weighted by Gasteiger charge is -2.12. The number of thiol groups is 1. The van der Waals surface area contributed by atoms with Crippen LogP contribution in [0.25, 0.3) is 0 Å². The molecule has 0 rings (SSSR count). The van der Waals surface area contributed by atoms with Crippen LogP contribution in [0.2, 0.25) is 0 Å².